The van der Waals surface area contributed by atoms with Crippen LogP contribution in [0.25, 0.3) is 0 Å². The Balaban J connectivity index is 1.61. The van der Waals surface area contributed by atoms with Crippen molar-refractivity contribution in [2.45, 2.75) is 25.5 Å². The highest BCUT2D eigenvalue weighted by atomic mass is 35.5. The fraction of sp³-hybridized carbons (Fsp3) is 0.222. The Morgan fingerprint density at radius 2 is 1.96 bits per heavy atom. The van der Waals surface area contributed by atoms with Crippen LogP contribution in [0, 0.1) is 0 Å². The molecule has 0 bridgehead atoms. The summed E-state index contributed by atoms with van der Waals surface area (Å²) in [5.41, 5.74) is 1.56. The molecule has 24 heavy (non-hydrogen) atoms. The van der Waals surface area contributed by atoms with Crippen molar-refractivity contribution in [1.82, 2.24) is 5.32 Å². The van der Waals surface area contributed by atoms with Crippen molar-refractivity contribution in [3.8, 4) is 5.75 Å². The molecule has 3 rings (SSSR count). The second-order valence-corrected chi connectivity index (χ2v) is 6.07. The number of hydrogen-bond donors (Lipinski definition) is 2. The molecule has 5 nitrogen and oxygen atoms in total. The molecule has 0 aromatic heterocycles. The van der Waals surface area contributed by atoms with Crippen molar-refractivity contribution >= 4 is 29.1 Å². The number of rotatable bonds is 4. The molecule has 1 heterocycles. The SMILES string of the molecule is C[C@@H](NC(=O)C[C@H]1Oc2ccccc2NC1=O)c1ccc(Cl)cc1. The fourth-order valence-corrected chi connectivity index (χ4v) is 2.66. The molecule has 0 radical (unpaired) electrons. The van der Waals surface area contributed by atoms with Crippen molar-refractivity contribution in [2.24, 2.45) is 0 Å². The summed E-state index contributed by atoms with van der Waals surface area (Å²) in [5.74, 6) is 0.000580. The van der Waals surface area contributed by atoms with Gasteiger partial charge in [-0.3, -0.25) is 9.59 Å². The first-order valence-corrected chi connectivity index (χ1v) is 8.02. The second kappa shape index (κ2) is 6.93. The summed E-state index contributed by atoms with van der Waals surface area (Å²) in [5, 5.41) is 6.26. The number of hydrogen-bond acceptors (Lipinski definition) is 3. The molecule has 2 aromatic carbocycles. The third-order valence-corrected chi connectivity index (χ3v) is 4.08. The van der Waals surface area contributed by atoms with Crippen molar-refractivity contribution < 1.29 is 14.3 Å². The van der Waals surface area contributed by atoms with Gasteiger partial charge in [0.1, 0.15) is 5.75 Å². The summed E-state index contributed by atoms with van der Waals surface area (Å²) in [4.78, 5) is 24.3. The van der Waals surface area contributed by atoms with Crippen molar-refractivity contribution in [3.05, 3.63) is 59.1 Å². The van der Waals surface area contributed by atoms with Crippen LogP contribution >= 0.6 is 11.6 Å². The molecule has 0 saturated carbocycles. The number of halogens is 1. The van der Waals surface area contributed by atoms with Crippen LogP contribution in [-0.2, 0) is 9.59 Å². The Labute approximate surface area is 145 Å². The average Bonchev–Trinajstić information content (AvgIpc) is 2.56. The molecule has 124 valence electrons. The molecular weight excluding hydrogens is 328 g/mol. The van der Waals surface area contributed by atoms with Gasteiger partial charge in [-0.1, -0.05) is 35.9 Å². The van der Waals surface area contributed by atoms with E-state index < -0.39 is 6.10 Å². The molecule has 2 aromatic rings. The Morgan fingerprint density at radius 3 is 2.71 bits per heavy atom. The lowest BCUT2D eigenvalue weighted by atomic mass is 10.1. The molecule has 1 aliphatic rings. The predicted octanol–water partition coefficient (Wildman–Crippen LogP) is 3.31. The lowest BCUT2D eigenvalue weighted by Crippen LogP contribution is -2.41. The second-order valence-electron chi connectivity index (χ2n) is 5.64. The van der Waals surface area contributed by atoms with Crippen molar-refractivity contribution in [3.63, 3.8) is 0 Å². The summed E-state index contributed by atoms with van der Waals surface area (Å²) in [7, 11) is 0. The van der Waals surface area contributed by atoms with E-state index in [0.29, 0.717) is 16.5 Å². The molecule has 6 heteroatoms. The number of para-hydroxylation sites is 2. The Kier molecular flexibility index (Phi) is 4.71. The third-order valence-electron chi connectivity index (χ3n) is 3.82. The normalized spacial score (nSPS) is 17.2. The molecule has 0 saturated heterocycles. The van der Waals surface area contributed by atoms with Crippen LogP contribution in [-0.4, -0.2) is 17.9 Å². The third kappa shape index (κ3) is 3.68. The quantitative estimate of drug-likeness (QED) is 0.894. The standard InChI is InChI=1S/C18H17ClN2O3/c1-11(12-6-8-13(19)9-7-12)20-17(22)10-16-18(23)21-14-4-2-3-5-15(14)24-16/h2-9,11,16H,10H2,1H3,(H,20,22)(H,21,23)/t11-,16-/m1/s1. The van der Waals surface area contributed by atoms with Crippen LogP contribution in [0.3, 0.4) is 0 Å². The lowest BCUT2D eigenvalue weighted by molar-refractivity contribution is -0.130. The van der Waals surface area contributed by atoms with Crippen LogP contribution in [0.15, 0.2) is 48.5 Å². The van der Waals surface area contributed by atoms with Gasteiger partial charge in [0.15, 0.2) is 6.10 Å². The summed E-state index contributed by atoms with van der Waals surface area (Å²) in [6.07, 6.45) is -0.879. The van der Waals surface area contributed by atoms with E-state index >= 15 is 0 Å². The van der Waals surface area contributed by atoms with E-state index in [1.54, 1.807) is 24.3 Å². The van der Waals surface area contributed by atoms with Gasteiger partial charge < -0.3 is 15.4 Å². The highest BCUT2D eigenvalue weighted by molar-refractivity contribution is 6.30. The summed E-state index contributed by atoms with van der Waals surface area (Å²) in [6, 6.07) is 14.2. The lowest BCUT2D eigenvalue weighted by Gasteiger charge is -2.25. The maximum Gasteiger partial charge on any atom is 0.266 e. The van der Waals surface area contributed by atoms with Crippen LogP contribution in [0.1, 0.15) is 24.9 Å². The summed E-state index contributed by atoms with van der Waals surface area (Å²) >= 11 is 5.86. The highest BCUT2D eigenvalue weighted by Crippen LogP contribution is 2.29. The van der Waals surface area contributed by atoms with Crippen molar-refractivity contribution in [2.75, 3.05) is 5.32 Å². The first-order valence-electron chi connectivity index (χ1n) is 7.64. The van der Waals surface area contributed by atoms with Gasteiger partial charge in [-0.2, -0.15) is 0 Å². The number of carbonyl (C=O) groups excluding carboxylic acids is 2. The first-order chi connectivity index (χ1) is 11.5. The summed E-state index contributed by atoms with van der Waals surface area (Å²) in [6.45, 7) is 1.87. The molecule has 0 spiro atoms. The number of ether oxygens (including phenoxy) is 1. The number of amides is 2. The monoisotopic (exact) mass is 344 g/mol. The van der Waals surface area contributed by atoms with E-state index in [1.165, 1.54) is 0 Å². The van der Waals surface area contributed by atoms with Gasteiger partial charge in [0, 0.05) is 5.02 Å². The Bertz CT molecular complexity index is 761. The van der Waals surface area contributed by atoms with E-state index in [2.05, 4.69) is 10.6 Å². The van der Waals surface area contributed by atoms with Gasteiger partial charge in [-0.25, -0.2) is 0 Å². The largest absolute Gasteiger partial charge is 0.478 e. The molecule has 0 unspecified atom stereocenters. The average molecular weight is 345 g/mol. The fourth-order valence-electron chi connectivity index (χ4n) is 2.53. The number of benzene rings is 2. The zero-order valence-corrected chi connectivity index (χ0v) is 13.8. The highest BCUT2D eigenvalue weighted by Gasteiger charge is 2.29. The van der Waals surface area contributed by atoms with Gasteiger partial charge >= 0.3 is 0 Å². The smallest absolute Gasteiger partial charge is 0.266 e. The first kappa shape index (κ1) is 16.3. The van der Waals surface area contributed by atoms with Gasteiger partial charge in [-0.05, 0) is 36.8 Å². The molecule has 2 amide bonds. The van der Waals surface area contributed by atoms with Gasteiger partial charge in [0.25, 0.3) is 5.91 Å². The van der Waals surface area contributed by atoms with Gasteiger partial charge in [0.2, 0.25) is 5.91 Å². The van der Waals surface area contributed by atoms with E-state index in [0.717, 1.165) is 5.56 Å². The zero-order chi connectivity index (χ0) is 17.1. The Hall–Kier alpha value is -2.53. The maximum atomic E-state index is 12.2. The van der Waals surface area contributed by atoms with Crippen LogP contribution < -0.4 is 15.4 Å². The molecule has 0 fully saturated rings. The minimum atomic E-state index is -0.836. The van der Waals surface area contributed by atoms with Crippen LogP contribution in [0.2, 0.25) is 5.02 Å². The predicted molar refractivity (Wildman–Crippen MR) is 92.1 cm³/mol. The van der Waals surface area contributed by atoms with E-state index in [9.17, 15) is 9.59 Å². The number of carbonyl (C=O) groups is 2. The van der Waals surface area contributed by atoms with E-state index in [1.807, 2.05) is 31.2 Å². The zero-order valence-electron chi connectivity index (χ0n) is 13.1. The Morgan fingerprint density at radius 1 is 1.25 bits per heavy atom. The minimum Gasteiger partial charge on any atom is -0.478 e. The number of nitrogens with one attached hydrogen (secondary N) is 2. The number of fused-ring (bicyclic) bond motifs is 1. The number of anilines is 1. The van der Waals surface area contributed by atoms with Gasteiger partial charge in [0.05, 0.1) is 18.2 Å². The maximum absolute atomic E-state index is 12.2. The van der Waals surface area contributed by atoms with Crippen LogP contribution in [0.4, 0.5) is 5.69 Å². The van der Waals surface area contributed by atoms with Gasteiger partial charge in [-0.15, -0.1) is 0 Å². The minimum absolute atomic E-state index is 0.0436. The topological polar surface area (TPSA) is 67.4 Å². The molecule has 2 atom stereocenters. The molecular formula is C18H17ClN2O3. The van der Waals surface area contributed by atoms with E-state index in [-0.39, 0.29) is 24.3 Å². The molecule has 1 aliphatic heterocycles. The van der Waals surface area contributed by atoms with Crippen molar-refractivity contribution in [1.29, 1.82) is 0 Å². The summed E-state index contributed by atoms with van der Waals surface area (Å²) < 4.78 is 5.63. The van der Waals surface area contributed by atoms with Crippen LogP contribution in [0.5, 0.6) is 5.75 Å². The van der Waals surface area contributed by atoms with E-state index in [4.69, 9.17) is 16.3 Å². The molecule has 0 aliphatic carbocycles. The molecule has 2 N–H and O–H groups in total.